The van der Waals surface area contributed by atoms with Crippen LogP contribution >= 0.6 is 0 Å². The van der Waals surface area contributed by atoms with Crippen LogP contribution in [0.15, 0.2) is 42.5 Å². The zero-order chi connectivity index (χ0) is 15.2. The Balaban J connectivity index is 2.18. The lowest BCUT2D eigenvalue weighted by atomic mass is 10.1. The lowest BCUT2D eigenvalue weighted by molar-refractivity contribution is 0.198. The molecule has 2 aromatic carbocycles. The van der Waals surface area contributed by atoms with E-state index in [2.05, 4.69) is 0 Å². The van der Waals surface area contributed by atoms with Gasteiger partial charge in [0.25, 0.3) is 0 Å². The van der Waals surface area contributed by atoms with Crippen molar-refractivity contribution in [1.82, 2.24) is 0 Å². The zero-order valence-corrected chi connectivity index (χ0v) is 12.2. The molecule has 0 aliphatic rings. The van der Waals surface area contributed by atoms with Gasteiger partial charge in [0.1, 0.15) is 23.9 Å². The molecule has 1 atom stereocenters. The maximum Gasteiger partial charge on any atom is 0.126 e. The van der Waals surface area contributed by atoms with Crippen LogP contribution < -0.4 is 9.47 Å². The van der Waals surface area contributed by atoms with Crippen molar-refractivity contribution in [2.45, 2.75) is 26.6 Å². The first-order valence-electron chi connectivity index (χ1n) is 6.92. The summed E-state index contributed by atoms with van der Waals surface area (Å²) >= 11 is 0. The summed E-state index contributed by atoms with van der Waals surface area (Å²) in [6, 6.07) is 11.5. The lowest BCUT2D eigenvalue weighted by Gasteiger charge is -2.14. The number of hydrogen-bond donors (Lipinski definition) is 1. The second kappa shape index (κ2) is 7.09. The molecule has 0 heterocycles. The fourth-order valence-electron chi connectivity index (χ4n) is 1.99. The van der Waals surface area contributed by atoms with Crippen LogP contribution in [0.25, 0.3) is 0 Å². The summed E-state index contributed by atoms with van der Waals surface area (Å²) in [6.45, 7) is 4.40. The fraction of sp³-hybridized carbons (Fsp3) is 0.294. The second-order valence-corrected chi connectivity index (χ2v) is 4.72. The highest BCUT2D eigenvalue weighted by Crippen LogP contribution is 2.25. The Hall–Kier alpha value is -2.07. The molecule has 1 N–H and O–H groups in total. The summed E-state index contributed by atoms with van der Waals surface area (Å²) < 4.78 is 24.3. The molecule has 2 rings (SSSR count). The summed E-state index contributed by atoms with van der Waals surface area (Å²) in [5.41, 5.74) is 1.61. The Kier molecular flexibility index (Phi) is 5.17. The summed E-state index contributed by atoms with van der Waals surface area (Å²) in [5.74, 6) is 0.827. The summed E-state index contributed by atoms with van der Waals surface area (Å²) in [4.78, 5) is 0. The van der Waals surface area contributed by atoms with E-state index in [0.717, 1.165) is 11.1 Å². The van der Waals surface area contributed by atoms with Gasteiger partial charge in [-0.05, 0) is 43.7 Å². The Morgan fingerprint density at radius 2 is 1.95 bits per heavy atom. The molecule has 3 nitrogen and oxygen atoms in total. The Labute approximate surface area is 124 Å². The van der Waals surface area contributed by atoms with Gasteiger partial charge in [-0.25, -0.2) is 4.39 Å². The van der Waals surface area contributed by atoms with Crippen LogP contribution in [0.1, 0.15) is 31.1 Å². The van der Waals surface area contributed by atoms with E-state index < -0.39 is 6.10 Å². The minimum absolute atomic E-state index is 0.249. The molecule has 21 heavy (non-hydrogen) atoms. The van der Waals surface area contributed by atoms with Crippen molar-refractivity contribution < 1.29 is 19.0 Å². The highest BCUT2D eigenvalue weighted by Gasteiger charge is 2.09. The third-order valence-electron chi connectivity index (χ3n) is 3.06. The van der Waals surface area contributed by atoms with Gasteiger partial charge >= 0.3 is 0 Å². The number of aliphatic hydroxyl groups excluding tert-OH is 1. The van der Waals surface area contributed by atoms with Crippen LogP contribution in [0.2, 0.25) is 0 Å². The Morgan fingerprint density at radius 1 is 1.14 bits per heavy atom. The second-order valence-electron chi connectivity index (χ2n) is 4.72. The smallest absolute Gasteiger partial charge is 0.126 e. The number of rotatable bonds is 6. The normalized spacial score (nSPS) is 12.0. The Bertz CT molecular complexity index is 596. The van der Waals surface area contributed by atoms with Gasteiger partial charge in [-0.2, -0.15) is 0 Å². The highest BCUT2D eigenvalue weighted by atomic mass is 19.1. The molecule has 1 unspecified atom stereocenters. The van der Waals surface area contributed by atoms with Crippen LogP contribution in [-0.4, -0.2) is 11.7 Å². The van der Waals surface area contributed by atoms with E-state index in [0.29, 0.717) is 18.1 Å². The first kappa shape index (κ1) is 15.3. The average molecular weight is 290 g/mol. The number of hydrogen-bond acceptors (Lipinski definition) is 3. The van der Waals surface area contributed by atoms with Gasteiger partial charge in [0, 0.05) is 11.6 Å². The van der Waals surface area contributed by atoms with Gasteiger partial charge in [-0.1, -0.05) is 12.1 Å². The van der Waals surface area contributed by atoms with Crippen molar-refractivity contribution in [2.75, 3.05) is 6.61 Å². The monoisotopic (exact) mass is 290 g/mol. The molecule has 0 aliphatic carbocycles. The summed E-state index contributed by atoms with van der Waals surface area (Å²) in [5, 5.41) is 9.66. The summed E-state index contributed by atoms with van der Waals surface area (Å²) in [7, 11) is 0. The van der Waals surface area contributed by atoms with Crippen LogP contribution in [0.3, 0.4) is 0 Å². The molecule has 0 bridgehead atoms. The molecule has 0 radical (unpaired) electrons. The van der Waals surface area contributed by atoms with Gasteiger partial charge < -0.3 is 14.6 Å². The topological polar surface area (TPSA) is 38.7 Å². The number of benzene rings is 2. The van der Waals surface area contributed by atoms with Gasteiger partial charge in [-0.15, -0.1) is 0 Å². The first-order valence-corrected chi connectivity index (χ1v) is 6.92. The lowest BCUT2D eigenvalue weighted by Crippen LogP contribution is -2.03. The minimum atomic E-state index is -0.561. The van der Waals surface area contributed by atoms with E-state index in [4.69, 9.17) is 9.47 Å². The van der Waals surface area contributed by atoms with Gasteiger partial charge in [0.2, 0.25) is 0 Å². The van der Waals surface area contributed by atoms with Crippen LogP contribution in [0, 0.1) is 5.82 Å². The fourth-order valence-corrected chi connectivity index (χ4v) is 1.99. The molecular weight excluding hydrogens is 271 g/mol. The predicted octanol–water partition coefficient (Wildman–Crippen LogP) is 3.86. The third-order valence-corrected chi connectivity index (χ3v) is 3.06. The van der Waals surface area contributed by atoms with E-state index >= 15 is 0 Å². The quantitative estimate of drug-likeness (QED) is 0.878. The first-order chi connectivity index (χ1) is 10.1. The van der Waals surface area contributed by atoms with E-state index in [1.807, 2.05) is 25.1 Å². The van der Waals surface area contributed by atoms with E-state index in [1.54, 1.807) is 19.1 Å². The molecule has 0 spiro atoms. The third kappa shape index (κ3) is 4.20. The molecule has 0 aromatic heterocycles. The van der Waals surface area contributed by atoms with Crippen molar-refractivity contribution in [2.24, 2.45) is 0 Å². The number of aliphatic hydroxyl groups is 1. The van der Waals surface area contributed by atoms with Gasteiger partial charge in [0.05, 0.1) is 12.7 Å². The molecular formula is C17H19FO3. The molecule has 112 valence electrons. The van der Waals surface area contributed by atoms with Crippen molar-refractivity contribution >= 4 is 0 Å². The molecule has 2 aromatic rings. The van der Waals surface area contributed by atoms with Crippen molar-refractivity contribution in [3.05, 3.63) is 59.4 Å². The van der Waals surface area contributed by atoms with Crippen LogP contribution in [-0.2, 0) is 6.61 Å². The molecule has 0 saturated carbocycles. The van der Waals surface area contributed by atoms with Crippen molar-refractivity contribution in [3.8, 4) is 11.5 Å². The standard InChI is InChI=1S/C17H19FO3/c1-3-20-17-8-7-13(12(2)19)9-14(17)11-21-16-6-4-5-15(18)10-16/h4-10,12,19H,3,11H2,1-2H3. The maximum absolute atomic E-state index is 13.1. The Morgan fingerprint density at radius 3 is 2.62 bits per heavy atom. The van der Waals surface area contributed by atoms with E-state index in [9.17, 15) is 9.50 Å². The van der Waals surface area contributed by atoms with Crippen molar-refractivity contribution in [3.63, 3.8) is 0 Å². The van der Waals surface area contributed by atoms with Gasteiger partial charge in [-0.3, -0.25) is 0 Å². The maximum atomic E-state index is 13.1. The van der Waals surface area contributed by atoms with Crippen LogP contribution in [0.4, 0.5) is 4.39 Å². The molecule has 0 saturated heterocycles. The summed E-state index contributed by atoms with van der Waals surface area (Å²) in [6.07, 6.45) is -0.561. The molecule has 4 heteroatoms. The number of ether oxygens (including phenoxy) is 2. The van der Waals surface area contributed by atoms with Gasteiger partial charge in [0.15, 0.2) is 0 Å². The molecule has 0 aliphatic heterocycles. The zero-order valence-electron chi connectivity index (χ0n) is 12.2. The minimum Gasteiger partial charge on any atom is -0.493 e. The largest absolute Gasteiger partial charge is 0.493 e. The predicted molar refractivity (Wildman–Crippen MR) is 79.0 cm³/mol. The van der Waals surface area contributed by atoms with Crippen molar-refractivity contribution in [1.29, 1.82) is 0 Å². The van der Waals surface area contributed by atoms with E-state index in [-0.39, 0.29) is 12.4 Å². The molecule has 0 fully saturated rings. The molecule has 0 amide bonds. The highest BCUT2D eigenvalue weighted by molar-refractivity contribution is 5.38. The SMILES string of the molecule is CCOc1ccc(C(C)O)cc1COc1cccc(F)c1. The van der Waals surface area contributed by atoms with Crippen LogP contribution in [0.5, 0.6) is 11.5 Å². The number of halogens is 1. The van der Waals surface area contributed by atoms with E-state index in [1.165, 1.54) is 12.1 Å². The average Bonchev–Trinajstić information content (AvgIpc) is 2.46.